The fourth-order valence-electron chi connectivity index (χ4n) is 2.38. The largest absolute Gasteiger partial charge is 0.479 e. The molecule has 2 aromatic rings. The van der Waals surface area contributed by atoms with Crippen molar-refractivity contribution in [3.05, 3.63) is 69.7 Å². The maximum absolute atomic E-state index is 11.3. The van der Waals surface area contributed by atoms with Crippen LogP contribution < -0.4 is 0 Å². The summed E-state index contributed by atoms with van der Waals surface area (Å²) < 4.78 is 5.53. The molecule has 0 saturated carbocycles. The zero-order valence-corrected chi connectivity index (χ0v) is 11.7. The summed E-state index contributed by atoms with van der Waals surface area (Å²) in [5.41, 5.74) is 0.564. The second kappa shape index (κ2) is 4.77. The molecular formula is C15H10Cl2O3. The van der Waals surface area contributed by atoms with E-state index in [2.05, 4.69) is 0 Å². The molecule has 3 nitrogen and oxygen atoms in total. The fraction of sp³-hybridized carbons (Fsp3) is 0.133. The first-order chi connectivity index (χ1) is 9.54. The van der Waals surface area contributed by atoms with Gasteiger partial charge in [0.1, 0.15) is 0 Å². The molecule has 0 aromatic heterocycles. The Kier molecular flexibility index (Phi) is 3.21. The molecule has 1 atom stereocenters. The summed E-state index contributed by atoms with van der Waals surface area (Å²) in [4.78, 5) is 11.3. The molecular weight excluding hydrogens is 299 g/mol. The third-order valence-electron chi connectivity index (χ3n) is 3.39. The third-order valence-corrected chi connectivity index (χ3v) is 3.89. The summed E-state index contributed by atoms with van der Waals surface area (Å²) >= 11 is 11.7. The predicted molar refractivity (Wildman–Crippen MR) is 76.2 cm³/mol. The van der Waals surface area contributed by atoms with Crippen LogP contribution in [0.3, 0.4) is 0 Å². The SMILES string of the molecule is O=C(O)C1OC1(c1ccc(Cl)cc1)c1ccc(Cl)cc1. The molecule has 0 radical (unpaired) electrons. The molecule has 1 aliphatic rings. The fourth-order valence-corrected chi connectivity index (χ4v) is 2.63. The van der Waals surface area contributed by atoms with Crippen LogP contribution in [0.25, 0.3) is 0 Å². The number of benzene rings is 2. The minimum atomic E-state index is -0.991. The third kappa shape index (κ3) is 2.08. The first kappa shape index (κ1) is 13.4. The number of halogens is 2. The topological polar surface area (TPSA) is 49.8 Å². The van der Waals surface area contributed by atoms with Crippen LogP contribution in [-0.2, 0) is 15.1 Å². The zero-order chi connectivity index (χ0) is 14.3. The van der Waals surface area contributed by atoms with Gasteiger partial charge in [-0.25, -0.2) is 4.79 Å². The summed E-state index contributed by atoms with van der Waals surface area (Å²) in [6.45, 7) is 0. The highest BCUT2D eigenvalue weighted by Gasteiger charge is 2.63. The number of ether oxygens (including phenoxy) is 1. The summed E-state index contributed by atoms with van der Waals surface area (Å²) in [5.74, 6) is -0.991. The molecule has 102 valence electrons. The lowest BCUT2D eigenvalue weighted by Crippen LogP contribution is -2.20. The summed E-state index contributed by atoms with van der Waals surface area (Å²) in [5, 5.41) is 10.4. The van der Waals surface area contributed by atoms with Gasteiger partial charge >= 0.3 is 5.97 Å². The highest BCUT2D eigenvalue weighted by Crippen LogP contribution is 2.52. The normalized spacial score (nSPS) is 19.6. The molecule has 1 heterocycles. The van der Waals surface area contributed by atoms with Crippen LogP contribution in [0, 0.1) is 0 Å². The quantitative estimate of drug-likeness (QED) is 0.879. The van der Waals surface area contributed by atoms with Crippen molar-refractivity contribution in [2.45, 2.75) is 11.7 Å². The Morgan fingerprint density at radius 2 is 1.35 bits per heavy atom. The van der Waals surface area contributed by atoms with Gasteiger partial charge in [-0.05, 0) is 35.4 Å². The van der Waals surface area contributed by atoms with E-state index in [4.69, 9.17) is 27.9 Å². The van der Waals surface area contributed by atoms with Crippen LogP contribution >= 0.6 is 23.2 Å². The standard InChI is InChI=1S/C15H10Cl2O3/c16-11-5-1-9(2-6-11)15(13(20-15)14(18)19)10-3-7-12(17)8-4-10/h1-8,13H,(H,18,19). The van der Waals surface area contributed by atoms with Crippen molar-refractivity contribution in [2.75, 3.05) is 0 Å². The molecule has 0 bridgehead atoms. The number of hydrogen-bond acceptors (Lipinski definition) is 2. The van der Waals surface area contributed by atoms with Crippen molar-refractivity contribution < 1.29 is 14.6 Å². The van der Waals surface area contributed by atoms with Crippen molar-refractivity contribution in [1.29, 1.82) is 0 Å². The van der Waals surface area contributed by atoms with Gasteiger partial charge in [-0.15, -0.1) is 0 Å². The summed E-state index contributed by atoms with van der Waals surface area (Å²) in [7, 11) is 0. The number of carboxylic acid groups (broad SMARTS) is 1. The molecule has 1 saturated heterocycles. The van der Waals surface area contributed by atoms with E-state index in [9.17, 15) is 9.90 Å². The van der Waals surface area contributed by atoms with E-state index in [-0.39, 0.29) is 0 Å². The van der Waals surface area contributed by atoms with Crippen LogP contribution in [0.2, 0.25) is 10.0 Å². The lowest BCUT2D eigenvalue weighted by molar-refractivity contribution is -0.138. The number of epoxide rings is 1. The minimum Gasteiger partial charge on any atom is -0.479 e. The van der Waals surface area contributed by atoms with Crippen molar-refractivity contribution in [3.63, 3.8) is 0 Å². The van der Waals surface area contributed by atoms with E-state index >= 15 is 0 Å². The Morgan fingerprint density at radius 1 is 0.950 bits per heavy atom. The Morgan fingerprint density at radius 3 is 1.65 bits per heavy atom. The van der Waals surface area contributed by atoms with E-state index in [1.165, 1.54) is 0 Å². The van der Waals surface area contributed by atoms with Crippen molar-refractivity contribution in [2.24, 2.45) is 0 Å². The van der Waals surface area contributed by atoms with Crippen LogP contribution in [0.1, 0.15) is 11.1 Å². The van der Waals surface area contributed by atoms with E-state index < -0.39 is 17.7 Å². The molecule has 5 heteroatoms. The molecule has 0 amide bonds. The molecule has 1 aliphatic heterocycles. The smallest absolute Gasteiger partial charge is 0.336 e. The van der Waals surface area contributed by atoms with Crippen LogP contribution in [0.5, 0.6) is 0 Å². The lowest BCUT2D eigenvalue weighted by atomic mass is 9.88. The maximum Gasteiger partial charge on any atom is 0.336 e. The van der Waals surface area contributed by atoms with Crippen molar-refractivity contribution in [1.82, 2.24) is 0 Å². The van der Waals surface area contributed by atoms with Gasteiger partial charge in [-0.3, -0.25) is 0 Å². The molecule has 1 fully saturated rings. The Labute approximate surface area is 125 Å². The van der Waals surface area contributed by atoms with Gasteiger partial charge in [0.2, 0.25) is 0 Å². The van der Waals surface area contributed by atoms with Crippen molar-refractivity contribution >= 4 is 29.2 Å². The average molecular weight is 309 g/mol. The van der Waals surface area contributed by atoms with Gasteiger partial charge < -0.3 is 9.84 Å². The first-order valence-electron chi connectivity index (χ1n) is 5.97. The van der Waals surface area contributed by atoms with E-state index in [1.807, 2.05) is 0 Å². The predicted octanol–water partition coefficient (Wildman–Crippen LogP) is 3.72. The number of hydrogen-bond donors (Lipinski definition) is 1. The Balaban J connectivity index is 2.09. The number of rotatable bonds is 3. The second-order valence-corrected chi connectivity index (χ2v) is 5.46. The second-order valence-electron chi connectivity index (χ2n) is 4.59. The highest BCUT2D eigenvalue weighted by molar-refractivity contribution is 6.30. The maximum atomic E-state index is 11.3. The summed E-state index contributed by atoms with van der Waals surface area (Å²) in [6.07, 6.45) is -0.898. The minimum absolute atomic E-state index is 0.590. The van der Waals surface area contributed by atoms with E-state index in [0.717, 1.165) is 11.1 Å². The van der Waals surface area contributed by atoms with Gasteiger partial charge in [0.15, 0.2) is 11.7 Å². The number of carboxylic acids is 1. The molecule has 3 rings (SSSR count). The highest BCUT2D eigenvalue weighted by atomic mass is 35.5. The Hall–Kier alpha value is -1.55. The first-order valence-corrected chi connectivity index (χ1v) is 6.72. The van der Waals surface area contributed by atoms with Crippen LogP contribution in [0.15, 0.2) is 48.5 Å². The lowest BCUT2D eigenvalue weighted by Gasteiger charge is -2.13. The number of carbonyl (C=O) groups is 1. The Bertz CT molecular complexity index is 604. The molecule has 20 heavy (non-hydrogen) atoms. The van der Waals surface area contributed by atoms with Gasteiger partial charge in [-0.2, -0.15) is 0 Å². The monoisotopic (exact) mass is 308 g/mol. The zero-order valence-electron chi connectivity index (χ0n) is 10.2. The molecule has 0 spiro atoms. The van der Waals surface area contributed by atoms with Crippen LogP contribution in [0.4, 0.5) is 0 Å². The summed E-state index contributed by atoms with van der Waals surface area (Å²) in [6, 6.07) is 14.0. The average Bonchev–Trinajstić information content (AvgIpc) is 3.17. The molecule has 1 unspecified atom stereocenters. The van der Waals surface area contributed by atoms with E-state index in [1.54, 1.807) is 48.5 Å². The molecule has 1 N–H and O–H groups in total. The van der Waals surface area contributed by atoms with Crippen LogP contribution in [-0.4, -0.2) is 17.2 Å². The van der Waals surface area contributed by atoms with Gasteiger partial charge in [0.05, 0.1) is 0 Å². The van der Waals surface area contributed by atoms with Crippen molar-refractivity contribution in [3.8, 4) is 0 Å². The van der Waals surface area contributed by atoms with Gasteiger partial charge in [-0.1, -0.05) is 47.5 Å². The van der Waals surface area contributed by atoms with Gasteiger partial charge in [0, 0.05) is 10.0 Å². The van der Waals surface area contributed by atoms with E-state index in [0.29, 0.717) is 10.0 Å². The van der Waals surface area contributed by atoms with Gasteiger partial charge in [0.25, 0.3) is 0 Å². The molecule has 0 aliphatic carbocycles. The number of aliphatic carboxylic acids is 1. The molecule has 2 aromatic carbocycles.